The minimum absolute atomic E-state index is 0.551. The lowest BCUT2D eigenvalue weighted by atomic mass is 9.98. The lowest BCUT2D eigenvalue weighted by Crippen LogP contribution is -2.17. The van der Waals surface area contributed by atoms with Crippen LogP contribution >= 0.6 is 0 Å². The van der Waals surface area contributed by atoms with Crippen molar-refractivity contribution in [1.82, 2.24) is 0 Å². The smallest absolute Gasteiger partial charge is 0.295 e. The van der Waals surface area contributed by atoms with Crippen molar-refractivity contribution in [2.24, 2.45) is 0 Å². The van der Waals surface area contributed by atoms with E-state index in [4.69, 9.17) is 0 Å². The number of benzene rings is 2. The zero-order valence-electron chi connectivity index (χ0n) is 10.0. The second-order valence-corrected chi connectivity index (χ2v) is 4.02. The summed E-state index contributed by atoms with van der Waals surface area (Å²) < 4.78 is 0. The van der Waals surface area contributed by atoms with Crippen LogP contribution < -0.4 is 0 Å². The largest absolute Gasteiger partial charge is 0.386 e. The van der Waals surface area contributed by atoms with E-state index in [1.165, 1.54) is 0 Å². The van der Waals surface area contributed by atoms with E-state index in [9.17, 15) is 15.2 Å². The van der Waals surface area contributed by atoms with Crippen LogP contribution in [0.3, 0.4) is 0 Å². The Balaban J connectivity index is 2.30. The minimum atomic E-state index is -1.10. The van der Waals surface area contributed by atoms with Crippen molar-refractivity contribution in [1.29, 1.82) is 0 Å². The van der Waals surface area contributed by atoms with Gasteiger partial charge in [0, 0.05) is 0 Å². The van der Waals surface area contributed by atoms with Crippen LogP contribution in [-0.4, -0.2) is 10.2 Å². The van der Waals surface area contributed by atoms with Gasteiger partial charge in [-0.05, 0) is 11.1 Å². The number of nitrogens with zero attached hydrogens (tertiary/aromatic N) is 1. The van der Waals surface area contributed by atoms with Gasteiger partial charge in [-0.25, -0.2) is 0 Å². The van der Waals surface area contributed by atoms with Crippen molar-refractivity contribution in [3.63, 3.8) is 0 Å². The highest BCUT2D eigenvalue weighted by atomic mass is 17.0. The molecule has 2 rings (SSSR count). The van der Waals surface area contributed by atoms with Crippen molar-refractivity contribution in [2.75, 3.05) is 0 Å². The van der Waals surface area contributed by atoms with Gasteiger partial charge in [0.05, 0.1) is 0 Å². The molecule has 0 radical (unpaired) electrons. The summed E-state index contributed by atoms with van der Waals surface area (Å²) in [7, 11) is 0. The van der Waals surface area contributed by atoms with Gasteiger partial charge >= 0.3 is 0 Å². The lowest BCUT2D eigenvalue weighted by molar-refractivity contribution is -0.773. The van der Waals surface area contributed by atoms with Gasteiger partial charge in [-0.3, -0.25) is 0 Å². The fraction of sp³-hybridized carbons (Fsp3) is 0.143. The predicted molar refractivity (Wildman–Crippen MR) is 68.7 cm³/mol. The SMILES string of the molecule is O=[N+]([O-])O[C@H](c1ccccc1)[C@H](O)c1ccccc1. The first-order valence-electron chi connectivity index (χ1n) is 5.77. The van der Waals surface area contributed by atoms with Crippen LogP contribution in [0.25, 0.3) is 0 Å². The quantitative estimate of drug-likeness (QED) is 0.661. The highest BCUT2D eigenvalue weighted by molar-refractivity contribution is 5.24. The Kier molecular flexibility index (Phi) is 4.10. The van der Waals surface area contributed by atoms with Crippen LogP contribution in [0.2, 0.25) is 0 Å². The van der Waals surface area contributed by atoms with Gasteiger partial charge in [0.2, 0.25) is 0 Å². The first-order chi connectivity index (χ1) is 9.18. The van der Waals surface area contributed by atoms with Gasteiger partial charge in [-0.15, -0.1) is 10.1 Å². The molecule has 2 atom stereocenters. The van der Waals surface area contributed by atoms with Crippen LogP contribution in [0.1, 0.15) is 23.3 Å². The van der Waals surface area contributed by atoms with E-state index in [0.29, 0.717) is 11.1 Å². The molecule has 0 unspecified atom stereocenters. The summed E-state index contributed by atoms with van der Waals surface area (Å²) >= 11 is 0. The standard InChI is InChI=1S/C14H13NO4/c16-13(11-7-3-1-4-8-11)14(19-15(17)18)12-9-5-2-6-10-12/h1-10,13-14,16H/t13-,14-/m1/s1. The monoisotopic (exact) mass is 259 g/mol. The summed E-state index contributed by atoms with van der Waals surface area (Å²) in [5, 5.41) is 20.0. The molecule has 5 nitrogen and oxygen atoms in total. The highest BCUT2D eigenvalue weighted by Gasteiger charge is 2.26. The van der Waals surface area contributed by atoms with Crippen molar-refractivity contribution in [2.45, 2.75) is 12.2 Å². The second-order valence-electron chi connectivity index (χ2n) is 4.02. The lowest BCUT2D eigenvalue weighted by Gasteiger charge is -2.21. The molecule has 2 aromatic carbocycles. The molecule has 0 fully saturated rings. The van der Waals surface area contributed by atoms with Crippen LogP contribution in [0.4, 0.5) is 0 Å². The maximum absolute atomic E-state index is 10.6. The summed E-state index contributed by atoms with van der Waals surface area (Å²) in [5.41, 5.74) is 1.12. The first-order valence-corrected chi connectivity index (χ1v) is 5.77. The average molecular weight is 259 g/mol. The zero-order chi connectivity index (χ0) is 13.7. The summed E-state index contributed by atoms with van der Waals surface area (Å²) in [6.07, 6.45) is -2.15. The fourth-order valence-electron chi connectivity index (χ4n) is 1.86. The Morgan fingerprint density at radius 1 is 0.947 bits per heavy atom. The molecule has 0 saturated heterocycles. The molecular formula is C14H13NO4. The minimum Gasteiger partial charge on any atom is -0.386 e. The molecule has 1 N–H and O–H groups in total. The molecular weight excluding hydrogens is 246 g/mol. The summed E-state index contributed by atoms with van der Waals surface area (Å²) in [4.78, 5) is 15.2. The normalized spacial score (nSPS) is 13.5. The topological polar surface area (TPSA) is 72.6 Å². The van der Waals surface area contributed by atoms with E-state index in [-0.39, 0.29) is 0 Å². The molecule has 0 aliphatic carbocycles. The van der Waals surface area contributed by atoms with Gasteiger partial charge in [0.1, 0.15) is 6.10 Å². The van der Waals surface area contributed by atoms with Gasteiger partial charge in [-0.2, -0.15) is 0 Å². The molecule has 0 saturated carbocycles. The molecule has 0 aliphatic rings. The third-order valence-corrected chi connectivity index (χ3v) is 2.76. The predicted octanol–water partition coefficient (Wildman–Crippen LogP) is 2.67. The second kappa shape index (κ2) is 5.97. The Morgan fingerprint density at radius 3 is 1.89 bits per heavy atom. The molecule has 0 spiro atoms. The van der Waals surface area contributed by atoms with E-state index in [0.717, 1.165) is 0 Å². The molecule has 5 heteroatoms. The number of aliphatic hydroxyl groups is 1. The van der Waals surface area contributed by atoms with Crippen molar-refractivity contribution in [3.8, 4) is 0 Å². The average Bonchev–Trinajstić information content (AvgIpc) is 2.46. The van der Waals surface area contributed by atoms with E-state index in [1.807, 2.05) is 6.07 Å². The molecule has 0 heterocycles. The highest BCUT2D eigenvalue weighted by Crippen LogP contribution is 2.31. The molecule has 0 bridgehead atoms. The Hall–Kier alpha value is -2.40. The third kappa shape index (κ3) is 3.29. The molecule has 98 valence electrons. The molecule has 2 aromatic rings. The van der Waals surface area contributed by atoms with Crippen molar-refractivity contribution in [3.05, 3.63) is 81.9 Å². The molecule has 0 aliphatic heterocycles. The Bertz CT molecular complexity index is 530. The van der Waals surface area contributed by atoms with Gasteiger partial charge in [0.15, 0.2) is 6.10 Å². The fourth-order valence-corrected chi connectivity index (χ4v) is 1.86. The van der Waals surface area contributed by atoms with Crippen molar-refractivity contribution >= 4 is 0 Å². The Labute approximate surface area is 110 Å². The molecule has 0 aromatic heterocycles. The van der Waals surface area contributed by atoms with E-state index in [1.54, 1.807) is 54.6 Å². The number of hydrogen-bond acceptors (Lipinski definition) is 4. The number of rotatable bonds is 5. The Morgan fingerprint density at radius 2 is 1.42 bits per heavy atom. The third-order valence-electron chi connectivity index (χ3n) is 2.76. The van der Waals surface area contributed by atoms with E-state index in [2.05, 4.69) is 4.84 Å². The van der Waals surface area contributed by atoms with E-state index < -0.39 is 17.3 Å². The number of aliphatic hydroxyl groups excluding tert-OH is 1. The van der Waals surface area contributed by atoms with Crippen molar-refractivity contribution < 1.29 is 15.0 Å². The van der Waals surface area contributed by atoms with Crippen LogP contribution in [0.15, 0.2) is 60.7 Å². The van der Waals surface area contributed by atoms with Gasteiger partial charge in [0.25, 0.3) is 5.09 Å². The van der Waals surface area contributed by atoms with Gasteiger partial charge in [-0.1, -0.05) is 60.7 Å². The molecule has 19 heavy (non-hydrogen) atoms. The summed E-state index contributed by atoms with van der Waals surface area (Å²) in [6.45, 7) is 0. The van der Waals surface area contributed by atoms with Crippen LogP contribution in [0, 0.1) is 10.1 Å². The van der Waals surface area contributed by atoms with Gasteiger partial charge < -0.3 is 9.94 Å². The number of hydrogen-bond donors (Lipinski definition) is 1. The maximum Gasteiger partial charge on any atom is 0.295 e. The summed E-state index contributed by atoms with van der Waals surface area (Å²) in [6, 6.07) is 17.4. The first kappa shape index (κ1) is 13.0. The maximum atomic E-state index is 10.6. The van der Waals surface area contributed by atoms with Crippen LogP contribution in [-0.2, 0) is 4.84 Å². The molecule has 0 amide bonds. The summed E-state index contributed by atoms with van der Waals surface area (Å²) in [5.74, 6) is 0. The zero-order valence-corrected chi connectivity index (χ0v) is 10.0. The van der Waals surface area contributed by atoms with Crippen LogP contribution in [0.5, 0.6) is 0 Å². The van der Waals surface area contributed by atoms with E-state index >= 15 is 0 Å².